The topological polar surface area (TPSA) is 137 Å². The van der Waals surface area contributed by atoms with E-state index in [0.717, 1.165) is 9.25 Å². The molecule has 3 heterocycles. The molecule has 1 aliphatic heterocycles. The smallest absolute Gasteiger partial charge is 0.382 e. The first kappa shape index (κ1) is 28.6. The van der Waals surface area contributed by atoms with Gasteiger partial charge in [0.05, 0.1) is 17.3 Å². The molecular weight excluding hydrogens is 588 g/mol. The molecular formula is C25H23Cl2F3N8O3. The Bertz CT molecular complexity index is 1630. The number of nitrogens with zero attached hydrogens (tertiary/aromatic N) is 7. The van der Waals surface area contributed by atoms with E-state index in [4.69, 9.17) is 28.9 Å². The molecule has 4 aromatic rings. The molecule has 1 aliphatic rings. The largest absolute Gasteiger partial charge is 0.416 e. The number of carbonyl (C=O) groups excluding carboxylic acids is 1. The van der Waals surface area contributed by atoms with Gasteiger partial charge in [-0.2, -0.15) is 22.8 Å². The minimum Gasteiger partial charge on any atom is -0.382 e. The Morgan fingerprint density at radius 2 is 1.83 bits per heavy atom. The quantitative estimate of drug-likeness (QED) is 0.313. The lowest BCUT2D eigenvalue weighted by Gasteiger charge is -2.23. The summed E-state index contributed by atoms with van der Waals surface area (Å²) in [6.07, 6.45) is -6.59. The van der Waals surface area contributed by atoms with E-state index in [9.17, 15) is 27.9 Å². The van der Waals surface area contributed by atoms with Crippen molar-refractivity contribution in [3.63, 3.8) is 0 Å². The fourth-order valence-corrected chi connectivity index (χ4v) is 4.96. The third kappa shape index (κ3) is 5.80. The Labute approximate surface area is 240 Å². The van der Waals surface area contributed by atoms with Crippen LogP contribution in [0.1, 0.15) is 18.7 Å². The Balaban J connectivity index is 1.59. The fraction of sp³-hybridized carbons (Fsp3) is 0.320. The number of nitrogens with two attached hydrogens (primary N) is 1. The highest BCUT2D eigenvalue weighted by atomic mass is 35.5. The summed E-state index contributed by atoms with van der Waals surface area (Å²) in [4.78, 5) is 31.7. The van der Waals surface area contributed by atoms with E-state index < -0.39 is 36.5 Å². The molecule has 3 N–H and O–H groups in total. The molecule has 216 valence electrons. The first-order valence-corrected chi connectivity index (χ1v) is 13.1. The summed E-state index contributed by atoms with van der Waals surface area (Å²) in [6.45, 7) is -0.962. The number of primary amides is 1. The van der Waals surface area contributed by atoms with E-state index >= 15 is 0 Å². The fourth-order valence-electron chi connectivity index (χ4n) is 4.62. The van der Waals surface area contributed by atoms with Crippen molar-refractivity contribution in [1.82, 2.24) is 29.1 Å². The number of rotatable bonds is 8. The van der Waals surface area contributed by atoms with Crippen molar-refractivity contribution in [3.05, 3.63) is 74.9 Å². The molecule has 1 saturated heterocycles. The Hall–Kier alpha value is -3.88. The van der Waals surface area contributed by atoms with E-state index in [-0.39, 0.29) is 24.1 Å². The molecule has 2 aromatic carbocycles. The molecule has 11 nitrogen and oxygen atoms in total. The zero-order chi connectivity index (χ0) is 29.5. The first-order valence-electron chi connectivity index (χ1n) is 12.4. The van der Waals surface area contributed by atoms with Gasteiger partial charge in [-0.25, -0.2) is 9.48 Å². The number of carbonyl (C=O) groups is 1. The van der Waals surface area contributed by atoms with Crippen molar-refractivity contribution >= 4 is 35.1 Å². The van der Waals surface area contributed by atoms with Gasteiger partial charge in [0.15, 0.2) is 17.8 Å². The molecule has 1 fully saturated rings. The summed E-state index contributed by atoms with van der Waals surface area (Å²) < 4.78 is 42.7. The highest BCUT2D eigenvalue weighted by Crippen LogP contribution is 2.30. The number of amides is 1. The van der Waals surface area contributed by atoms with Crippen molar-refractivity contribution in [2.75, 3.05) is 11.4 Å². The van der Waals surface area contributed by atoms with Crippen LogP contribution in [0.4, 0.5) is 19.1 Å². The second-order valence-corrected chi connectivity index (χ2v) is 10.2. The van der Waals surface area contributed by atoms with E-state index in [1.54, 1.807) is 29.2 Å². The maximum atomic E-state index is 13.3. The standard InChI is InChI=1S/C25H23Cl2F3N8O3/c26-15-9-7-14(8-10-15)22-34-37(24(41)36(22)12-19(39)25(28,29)30)13-20-32-23(35-11-3-6-18(35)21(31)40)38(33-20)17-5-2-1-4-16(17)27/h1-2,4-5,7-10,18-19,39H,3,6,11-13H2,(H2,31,40)/t18-,19?/m1/s1. The van der Waals surface area contributed by atoms with E-state index in [1.807, 2.05) is 0 Å². The number of aliphatic hydroxyl groups is 1. The van der Waals surface area contributed by atoms with Crippen LogP contribution < -0.4 is 16.3 Å². The molecule has 2 atom stereocenters. The van der Waals surface area contributed by atoms with Gasteiger partial charge in [0.25, 0.3) is 0 Å². The predicted molar refractivity (Wildman–Crippen MR) is 144 cm³/mol. The molecule has 1 amide bonds. The van der Waals surface area contributed by atoms with Crippen molar-refractivity contribution in [1.29, 1.82) is 0 Å². The molecule has 1 unspecified atom stereocenters. The molecule has 41 heavy (non-hydrogen) atoms. The second kappa shape index (κ2) is 11.2. The van der Waals surface area contributed by atoms with Crippen molar-refractivity contribution in [3.8, 4) is 17.1 Å². The van der Waals surface area contributed by atoms with Gasteiger partial charge in [-0.05, 0) is 49.2 Å². The van der Waals surface area contributed by atoms with Gasteiger partial charge in [-0.1, -0.05) is 35.3 Å². The zero-order valence-corrected chi connectivity index (χ0v) is 22.7. The summed E-state index contributed by atoms with van der Waals surface area (Å²) in [6, 6.07) is 12.1. The summed E-state index contributed by atoms with van der Waals surface area (Å²) >= 11 is 12.4. The molecule has 5 rings (SSSR count). The Kier molecular flexibility index (Phi) is 7.81. The second-order valence-electron chi connectivity index (χ2n) is 9.38. The lowest BCUT2D eigenvalue weighted by atomic mass is 10.2. The van der Waals surface area contributed by atoms with Crippen LogP contribution in [0.25, 0.3) is 17.1 Å². The van der Waals surface area contributed by atoms with Crippen LogP contribution in [0.15, 0.2) is 53.3 Å². The van der Waals surface area contributed by atoms with Gasteiger partial charge in [0, 0.05) is 17.1 Å². The number of anilines is 1. The van der Waals surface area contributed by atoms with Crippen LogP contribution in [-0.4, -0.2) is 65.0 Å². The van der Waals surface area contributed by atoms with Crippen LogP contribution in [0.2, 0.25) is 10.0 Å². The van der Waals surface area contributed by atoms with E-state index in [2.05, 4.69) is 15.2 Å². The number of aromatic nitrogens is 6. The van der Waals surface area contributed by atoms with Gasteiger partial charge in [0.1, 0.15) is 12.6 Å². The number of hydrogen-bond acceptors (Lipinski definition) is 7. The predicted octanol–water partition coefficient (Wildman–Crippen LogP) is 3.02. The minimum atomic E-state index is -4.96. The summed E-state index contributed by atoms with van der Waals surface area (Å²) in [5, 5.41) is 19.2. The van der Waals surface area contributed by atoms with E-state index in [0.29, 0.717) is 40.7 Å². The van der Waals surface area contributed by atoms with Crippen LogP contribution >= 0.6 is 23.2 Å². The third-order valence-corrected chi connectivity index (χ3v) is 7.17. The molecule has 0 spiro atoms. The molecule has 0 radical (unpaired) electrons. The molecule has 16 heteroatoms. The number of para-hydroxylation sites is 1. The number of alkyl halides is 3. The lowest BCUT2D eigenvalue weighted by Crippen LogP contribution is -2.41. The highest BCUT2D eigenvalue weighted by Gasteiger charge is 2.39. The summed E-state index contributed by atoms with van der Waals surface area (Å²) in [7, 11) is 0. The first-order chi connectivity index (χ1) is 19.4. The monoisotopic (exact) mass is 610 g/mol. The van der Waals surface area contributed by atoms with Gasteiger partial charge in [0.2, 0.25) is 11.9 Å². The number of hydrogen-bond donors (Lipinski definition) is 2. The summed E-state index contributed by atoms with van der Waals surface area (Å²) in [5.74, 6) is -0.328. The van der Waals surface area contributed by atoms with Crippen LogP contribution in [0, 0.1) is 0 Å². The number of halogens is 5. The van der Waals surface area contributed by atoms with Crippen molar-refractivity contribution in [2.24, 2.45) is 5.73 Å². The van der Waals surface area contributed by atoms with Gasteiger partial charge in [-0.15, -0.1) is 10.2 Å². The van der Waals surface area contributed by atoms with Crippen molar-refractivity contribution < 1.29 is 23.1 Å². The SMILES string of the molecule is NC(=O)[C@H]1CCCN1c1nc(Cn2nc(-c3ccc(Cl)cc3)n(CC(O)C(F)(F)F)c2=O)nn1-c1ccccc1Cl. The third-order valence-electron chi connectivity index (χ3n) is 6.60. The number of benzene rings is 2. The highest BCUT2D eigenvalue weighted by molar-refractivity contribution is 6.32. The average Bonchev–Trinajstić information content (AvgIpc) is 3.63. The maximum Gasteiger partial charge on any atom is 0.416 e. The number of aliphatic hydroxyl groups excluding tert-OH is 1. The average molecular weight is 611 g/mol. The molecule has 2 aromatic heterocycles. The molecule has 0 bridgehead atoms. The van der Waals surface area contributed by atoms with Gasteiger partial charge >= 0.3 is 11.9 Å². The van der Waals surface area contributed by atoms with Crippen molar-refractivity contribution in [2.45, 2.75) is 44.3 Å². The normalized spacial score (nSPS) is 16.3. The van der Waals surface area contributed by atoms with Crippen LogP contribution in [0.3, 0.4) is 0 Å². The molecule has 0 saturated carbocycles. The van der Waals surface area contributed by atoms with Crippen LogP contribution in [0.5, 0.6) is 0 Å². The van der Waals surface area contributed by atoms with E-state index in [1.165, 1.54) is 28.9 Å². The zero-order valence-electron chi connectivity index (χ0n) is 21.2. The molecule has 0 aliphatic carbocycles. The Morgan fingerprint density at radius 3 is 2.49 bits per heavy atom. The van der Waals surface area contributed by atoms with Gasteiger partial charge in [-0.3, -0.25) is 9.36 Å². The minimum absolute atomic E-state index is 0.0702. The lowest BCUT2D eigenvalue weighted by molar-refractivity contribution is -0.207. The maximum absolute atomic E-state index is 13.3. The summed E-state index contributed by atoms with van der Waals surface area (Å²) in [5.41, 5.74) is 5.44. The Morgan fingerprint density at radius 1 is 1.12 bits per heavy atom. The van der Waals surface area contributed by atoms with Gasteiger partial charge < -0.3 is 15.7 Å². The van der Waals surface area contributed by atoms with Crippen LogP contribution in [-0.2, 0) is 17.9 Å².